The molecular weight excluding hydrogens is 126 g/mol. The number of carbonyl (C=O) groups excluding carboxylic acids is 2. The van der Waals surface area contributed by atoms with Crippen LogP contribution in [0.15, 0.2) is 12.2 Å². The number of carboxylic acid groups (broad SMARTS) is 2. The van der Waals surface area contributed by atoms with Gasteiger partial charge in [0.25, 0.3) is 0 Å². The molecule has 0 aromatic rings. The van der Waals surface area contributed by atoms with Gasteiger partial charge in [0.15, 0.2) is 0 Å². The number of hydrogen-bond acceptors (Lipinski definition) is 4. The average Bonchev–Trinajstić information content (AvgIpc) is 1.61. The minimum absolute atomic E-state index is 0. The molecule has 0 rings (SSSR count). The Balaban J connectivity index is -0.000000245. The summed E-state index contributed by atoms with van der Waals surface area (Å²) in [7, 11) is 0. The number of rotatable bonds is 2. The Bertz CT molecular complexity index is 126. The first-order valence-electron chi connectivity index (χ1n) is 1.73. The zero-order valence-corrected chi connectivity index (χ0v) is 5.79. The quantitative estimate of drug-likeness (QED) is 0.273. The Labute approximate surface area is 81.7 Å². The van der Waals surface area contributed by atoms with Crippen molar-refractivity contribution in [2.45, 2.75) is 0 Å². The monoisotopic (exact) mass is 128 g/mol. The second-order valence-electron chi connectivity index (χ2n) is 0.971. The van der Waals surface area contributed by atoms with Gasteiger partial charge >= 0.3 is 37.7 Å². The normalized spacial score (nSPS) is 7.60. The van der Waals surface area contributed by atoms with Crippen LogP contribution >= 0.6 is 0 Å². The third kappa shape index (κ3) is 15.7. The maximum atomic E-state index is 9.41. The molecule has 0 heterocycles. The van der Waals surface area contributed by atoms with E-state index in [9.17, 15) is 19.8 Å². The molecule has 0 saturated carbocycles. The van der Waals surface area contributed by atoms with Gasteiger partial charge in [0, 0.05) is 0 Å². The fraction of sp³-hybridized carbons (Fsp3) is 0. The maximum absolute atomic E-state index is 9.41. The third-order valence-corrected chi connectivity index (χ3v) is 0.355. The molecule has 0 fully saturated rings. The van der Waals surface area contributed by atoms with E-state index in [4.69, 9.17) is 0 Å². The van der Waals surface area contributed by atoms with Gasteiger partial charge in [0.05, 0.1) is 11.9 Å². The predicted octanol–water partition coefficient (Wildman–Crippen LogP) is -8.95. The summed E-state index contributed by atoms with van der Waals surface area (Å²) in [5.74, 6) is -3.09. The molecule has 0 bridgehead atoms. The average molecular weight is 128 g/mol. The maximum Gasteiger partial charge on any atom is 1.00 e. The third-order valence-electron chi connectivity index (χ3n) is 0.355. The van der Waals surface area contributed by atoms with Gasteiger partial charge in [-0.25, -0.2) is 0 Å². The summed E-state index contributed by atoms with van der Waals surface area (Å²) in [4.78, 5) is 18.8. The van der Waals surface area contributed by atoms with E-state index in [-0.39, 0.29) is 37.7 Å². The minimum atomic E-state index is -1.55. The van der Waals surface area contributed by atoms with E-state index in [2.05, 4.69) is 0 Å². The molecule has 0 aliphatic heterocycles. The summed E-state index contributed by atoms with van der Waals surface area (Å²) >= 11 is 0. The zero-order valence-electron chi connectivity index (χ0n) is 5.79. The first kappa shape index (κ1) is 16.5. The summed E-state index contributed by atoms with van der Waals surface area (Å²) in [6.07, 6.45) is 0.769. The van der Waals surface area contributed by atoms with Crippen molar-refractivity contribution in [2.24, 2.45) is 0 Å². The van der Waals surface area contributed by atoms with Crippen LogP contribution in [0.2, 0.25) is 0 Å². The van der Waals surface area contributed by atoms with Crippen LogP contribution in [0.3, 0.4) is 0 Å². The molecule has 0 saturated heterocycles. The first-order chi connectivity index (χ1) is 3.63. The minimum Gasteiger partial charge on any atom is -0.545 e. The van der Waals surface area contributed by atoms with Gasteiger partial charge in [-0.2, -0.15) is 0 Å². The topological polar surface area (TPSA) is 80.3 Å². The summed E-state index contributed by atoms with van der Waals surface area (Å²) < 4.78 is 0. The summed E-state index contributed by atoms with van der Waals surface area (Å²) in [6.45, 7) is 0. The van der Waals surface area contributed by atoms with Crippen LogP contribution in [0.1, 0.15) is 0 Å². The SMILES string of the molecule is O=C([O-])C=CC(=O)[O-].[Li+].[Li+]. The molecule has 0 radical (unpaired) electrons. The molecule has 44 valence electrons. The van der Waals surface area contributed by atoms with E-state index < -0.39 is 11.9 Å². The van der Waals surface area contributed by atoms with Crippen LogP contribution in [-0.2, 0) is 9.59 Å². The van der Waals surface area contributed by atoms with E-state index in [1.54, 1.807) is 0 Å². The number of hydrogen-bond donors (Lipinski definition) is 0. The fourth-order valence-electron chi connectivity index (χ4n) is 0.136. The molecule has 0 unspecified atom stereocenters. The van der Waals surface area contributed by atoms with Crippen molar-refractivity contribution in [1.82, 2.24) is 0 Å². The zero-order chi connectivity index (χ0) is 6.57. The van der Waals surface area contributed by atoms with Crippen LogP contribution in [0.5, 0.6) is 0 Å². The van der Waals surface area contributed by atoms with E-state index in [0.717, 1.165) is 0 Å². The molecule has 4 nitrogen and oxygen atoms in total. The predicted molar refractivity (Wildman–Crippen MR) is 19.2 cm³/mol. The van der Waals surface area contributed by atoms with Gasteiger partial charge in [-0.15, -0.1) is 0 Å². The van der Waals surface area contributed by atoms with Crippen molar-refractivity contribution in [3.8, 4) is 0 Å². The summed E-state index contributed by atoms with van der Waals surface area (Å²) in [6, 6.07) is 0. The Hall–Kier alpha value is -0.125. The van der Waals surface area contributed by atoms with Gasteiger partial charge in [0.2, 0.25) is 0 Å². The number of carbonyl (C=O) groups is 2. The van der Waals surface area contributed by atoms with Crippen LogP contribution in [0.25, 0.3) is 0 Å². The van der Waals surface area contributed by atoms with Gasteiger partial charge in [0.1, 0.15) is 0 Å². The summed E-state index contributed by atoms with van der Waals surface area (Å²) in [5.41, 5.74) is 0. The second-order valence-corrected chi connectivity index (χ2v) is 0.971. The van der Waals surface area contributed by atoms with Crippen LogP contribution in [-0.4, -0.2) is 11.9 Å². The molecular formula is C4H2Li2O4. The van der Waals surface area contributed by atoms with E-state index >= 15 is 0 Å². The first-order valence-corrected chi connectivity index (χ1v) is 1.73. The van der Waals surface area contributed by atoms with Crippen molar-refractivity contribution in [2.75, 3.05) is 0 Å². The van der Waals surface area contributed by atoms with Crippen molar-refractivity contribution in [1.29, 1.82) is 0 Å². The smallest absolute Gasteiger partial charge is 0.545 e. The number of carboxylic acids is 2. The Kier molecular flexibility index (Phi) is 14.6. The van der Waals surface area contributed by atoms with Crippen molar-refractivity contribution in [3.63, 3.8) is 0 Å². The van der Waals surface area contributed by atoms with Crippen molar-refractivity contribution >= 4 is 11.9 Å². The second kappa shape index (κ2) is 8.87. The van der Waals surface area contributed by atoms with E-state index in [1.165, 1.54) is 0 Å². The van der Waals surface area contributed by atoms with Gasteiger partial charge < -0.3 is 19.8 Å². The van der Waals surface area contributed by atoms with E-state index in [0.29, 0.717) is 12.2 Å². The summed E-state index contributed by atoms with van der Waals surface area (Å²) in [5, 5.41) is 18.8. The molecule has 0 aromatic heterocycles. The Morgan fingerprint density at radius 1 is 0.900 bits per heavy atom. The van der Waals surface area contributed by atoms with Crippen molar-refractivity contribution in [3.05, 3.63) is 12.2 Å². The van der Waals surface area contributed by atoms with Crippen molar-refractivity contribution < 1.29 is 57.5 Å². The molecule has 0 N–H and O–H groups in total. The Morgan fingerprint density at radius 2 is 1.10 bits per heavy atom. The molecule has 0 spiro atoms. The standard InChI is InChI=1S/C4H4O4.2Li/c5-3(6)1-2-4(7)8;;/h1-2H,(H,5,6)(H,7,8);;/q;2*+1/p-2. The van der Waals surface area contributed by atoms with E-state index in [1.807, 2.05) is 0 Å². The number of aliphatic carboxylic acids is 2. The fourth-order valence-corrected chi connectivity index (χ4v) is 0.136. The molecule has 0 aliphatic rings. The van der Waals surface area contributed by atoms with Gasteiger partial charge in [-0.3, -0.25) is 0 Å². The Morgan fingerprint density at radius 3 is 1.20 bits per heavy atom. The molecule has 0 atom stereocenters. The van der Waals surface area contributed by atoms with Crippen LogP contribution in [0, 0.1) is 0 Å². The molecule has 10 heavy (non-hydrogen) atoms. The molecule has 6 heteroatoms. The van der Waals surface area contributed by atoms with Crippen LogP contribution in [0.4, 0.5) is 0 Å². The van der Waals surface area contributed by atoms with Gasteiger partial charge in [-0.1, -0.05) is 0 Å². The van der Waals surface area contributed by atoms with Crippen LogP contribution < -0.4 is 47.9 Å². The molecule has 0 aromatic carbocycles. The van der Waals surface area contributed by atoms with Gasteiger partial charge in [-0.05, 0) is 12.2 Å². The largest absolute Gasteiger partial charge is 1.00 e. The molecule has 0 amide bonds. The molecule has 0 aliphatic carbocycles.